The Balaban J connectivity index is 2.68. The van der Waals surface area contributed by atoms with Crippen LogP contribution in [0.2, 0.25) is 0 Å². The van der Waals surface area contributed by atoms with E-state index in [1.54, 1.807) is 0 Å². The second kappa shape index (κ2) is 7.43. The molecular formula is C14H22O3. The molecule has 3 heteroatoms. The van der Waals surface area contributed by atoms with E-state index in [4.69, 9.17) is 4.74 Å². The average molecular weight is 238 g/mol. The first-order valence-electron chi connectivity index (χ1n) is 6.14. The monoisotopic (exact) mass is 238 g/mol. The number of ether oxygens (including phenoxy) is 1. The smallest absolute Gasteiger partial charge is 0.0550 e. The van der Waals surface area contributed by atoms with E-state index in [-0.39, 0.29) is 13.2 Å². The second-order valence-corrected chi connectivity index (χ2v) is 4.26. The molecule has 0 saturated carbocycles. The predicted molar refractivity (Wildman–Crippen MR) is 68.0 cm³/mol. The number of rotatable bonds is 8. The minimum atomic E-state index is -0.543. The van der Waals surface area contributed by atoms with Crippen molar-refractivity contribution in [1.29, 1.82) is 0 Å². The van der Waals surface area contributed by atoms with Crippen molar-refractivity contribution in [3.8, 4) is 0 Å². The van der Waals surface area contributed by atoms with Gasteiger partial charge in [0.1, 0.15) is 0 Å². The van der Waals surface area contributed by atoms with Gasteiger partial charge in [0.05, 0.1) is 13.2 Å². The van der Waals surface area contributed by atoms with Crippen LogP contribution in [0.5, 0.6) is 0 Å². The summed E-state index contributed by atoms with van der Waals surface area (Å²) >= 11 is 0. The summed E-state index contributed by atoms with van der Waals surface area (Å²) in [7, 11) is 0. The molecule has 0 bridgehead atoms. The molecule has 0 saturated heterocycles. The second-order valence-electron chi connectivity index (χ2n) is 4.26. The van der Waals surface area contributed by atoms with E-state index in [9.17, 15) is 10.2 Å². The van der Waals surface area contributed by atoms with Gasteiger partial charge in [0, 0.05) is 18.6 Å². The Morgan fingerprint density at radius 2 is 1.76 bits per heavy atom. The van der Waals surface area contributed by atoms with Crippen molar-refractivity contribution in [2.75, 3.05) is 26.4 Å². The van der Waals surface area contributed by atoms with Gasteiger partial charge in [-0.1, -0.05) is 30.3 Å². The maximum absolute atomic E-state index is 9.59. The first-order valence-corrected chi connectivity index (χ1v) is 6.14. The molecule has 0 aliphatic carbocycles. The summed E-state index contributed by atoms with van der Waals surface area (Å²) in [6.45, 7) is 3.25. The molecule has 3 nitrogen and oxygen atoms in total. The van der Waals surface area contributed by atoms with Crippen LogP contribution in [0.25, 0.3) is 0 Å². The van der Waals surface area contributed by atoms with Gasteiger partial charge in [-0.2, -0.15) is 0 Å². The molecule has 0 radical (unpaired) electrons. The van der Waals surface area contributed by atoms with E-state index in [1.807, 2.05) is 37.3 Å². The third-order valence-electron chi connectivity index (χ3n) is 3.14. The summed E-state index contributed by atoms with van der Waals surface area (Å²) in [5, 5.41) is 19.2. The lowest BCUT2D eigenvalue weighted by molar-refractivity contribution is 0.0892. The van der Waals surface area contributed by atoms with Gasteiger partial charge in [-0.25, -0.2) is 0 Å². The first kappa shape index (κ1) is 14.2. The Hall–Kier alpha value is -0.900. The molecule has 0 unspecified atom stereocenters. The van der Waals surface area contributed by atoms with Gasteiger partial charge < -0.3 is 14.9 Å². The van der Waals surface area contributed by atoms with Gasteiger partial charge in [0.2, 0.25) is 0 Å². The van der Waals surface area contributed by atoms with Crippen LogP contribution < -0.4 is 0 Å². The van der Waals surface area contributed by atoms with Crippen LogP contribution in [0.3, 0.4) is 0 Å². The number of benzene rings is 1. The van der Waals surface area contributed by atoms with E-state index in [0.29, 0.717) is 13.2 Å². The van der Waals surface area contributed by atoms with E-state index in [0.717, 1.165) is 18.4 Å². The van der Waals surface area contributed by atoms with Crippen molar-refractivity contribution < 1.29 is 14.9 Å². The maximum atomic E-state index is 9.59. The first-order chi connectivity index (χ1) is 8.29. The zero-order valence-corrected chi connectivity index (χ0v) is 10.4. The van der Waals surface area contributed by atoms with Crippen LogP contribution in [0, 0.1) is 0 Å². The lowest BCUT2D eigenvalue weighted by atomic mass is 9.78. The Morgan fingerprint density at radius 1 is 1.12 bits per heavy atom. The van der Waals surface area contributed by atoms with E-state index in [2.05, 4.69) is 0 Å². The van der Waals surface area contributed by atoms with Gasteiger partial charge in [-0.3, -0.25) is 0 Å². The molecular weight excluding hydrogens is 216 g/mol. The molecule has 2 N–H and O–H groups in total. The summed E-state index contributed by atoms with van der Waals surface area (Å²) in [5.41, 5.74) is 0.444. The number of hydrogen-bond donors (Lipinski definition) is 2. The van der Waals surface area contributed by atoms with Crippen molar-refractivity contribution in [1.82, 2.24) is 0 Å². The molecule has 0 fully saturated rings. The Bertz CT molecular complexity index is 294. The van der Waals surface area contributed by atoms with Gasteiger partial charge in [-0.05, 0) is 25.3 Å². The Labute approximate surface area is 103 Å². The molecule has 17 heavy (non-hydrogen) atoms. The fraction of sp³-hybridized carbons (Fsp3) is 0.571. The molecule has 0 spiro atoms. The molecule has 0 amide bonds. The summed E-state index contributed by atoms with van der Waals surface area (Å²) in [4.78, 5) is 0. The van der Waals surface area contributed by atoms with Crippen molar-refractivity contribution in [3.05, 3.63) is 35.9 Å². The largest absolute Gasteiger partial charge is 0.395 e. The van der Waals surface area contributed by atoms with Gasteiger partial charge in [-0.15, -0.1) is 0 Å². The fourth-order valence-electron chi connectivity index (χ4n) is 1.98. The van der Waals surface area contributed by atoms with Crippen molar-refractivity contribution in [3.63, 3.8) is 0 Å². The van der Waals surface area contributed by atoms with Crippen LogP contribution in [-0.2, 0) is 10.2 Å². The molecule has 96 valence electrons. The number of hydrogen-bond acceptors (Lipinski definition) is 3. The highest BCUT2D eigenvalue weighted by atomic mass is 16.5. The fourth-order valence-corrected chi connectivity index (χ4v) is 1.98. The zero-order chi connectivity index (χ0) is 12.6. The molecule has 0 aliphatic heterocycles. The number of aliphatic hydroxyl groups is 2. The summed E-state index contributed by atoms with van der Waals surface area (Å²) in [6, 6.07) is 9.69. The zero-order valence-electron chi connectivity index (χ0n) is 10.4. The normalized spacial score (nSPS) is 11.7. The van der Waals surface area contributed by atoms with Crippen molar-refractivity contribution in [2.45, 2.75) is 25.2 Å². The van der Waals surface area contributed by atoms with Crippen LogP contribution in [0.4, 0.5) is 0 Å². The molecule has 1 rings (SSSR count). The lowest BCUT2D eigenvalue weighted by Gasteiger charge is -2.30. The third-order valence-corrected chi connectivity index (χ3v) is 3.14. The highest BCUT2D eigenvalue weighted by Crippen LogP contribution is 2.28. The summed E-state index contributed by atoms with van der Waals surface area (Å²) in [6.07, 6.45) is 1.56. The molecule has 0 aromatic heterocycles. The van der Waals surface area contributed by atoms with E-state index < -0.39 is 5.41 Å². The topological polar surface area (TPSA) is 49.7 Å². The van der Waals surface area contributed by atoms with Gasteiger partial charge in [0.25, 0.3) is 0 Å². The van der Waals surface area contributed by atoms with Crippen LogP contribution in [0.1, 0.15) is 25.3 Å². The minimum Gasteiger partial charge on any atom is -0.395 e. The van der Waals surface area contributed by atoms with Gasteiger partial charge in [0.15, 0.2) is 0 Å². The highest BCUT2D eigenvalue weighted by molar-refractivity contribution is 5.25. The molecule has 0 atom stereocenters. The van der Waals surface area contributed by atoms with E-state index in [1.165, 1.54) is 0 Å². The lowest BCUT2D eigenvalue weighted by Crippen LogP contribution is -2.35. The predicted octanol–water partition coefficient (Wildman–Crippen LogP) is 1.73. The standard InChI is InChI=1S/C14H22O3/c1-2-17-10-6-9-14(11-15,12-16)13-7-4-3-5-8-13/h3-5,7-8,15-16H,2,6,9-12H2,1H3. The molecule has 0 aliphatic rings. The van der Waals surface area contributed by atoms with Crippen molar-refractivity contribution >= 4 is 0 Å². The average Bonchev–Trinajstić information content (AvgIpc) is 2.41. The van der Waals surface area contributed by atoms with Crippen LogP contribution in [0.15, 0.2) is 30.3 Å². The number of aliphatic hydroxyl groups excluding tert-OH is 2. The third kappa shape index (κ3) is 3.80. The van der Waals surface area contributed by atoms with Crippen molar-refractivity contribution in [2.24, 2.45) is 0 Å². The SMILES string of the molecule is CCOCCCC(CO)(CO)c1ccccc1. The Kier molecular flexibility index (Phi) is 6.19. The quantitative estimate of drug-likeness (QED) is 0.678. The highest BCUT2D eigenvalue weighted by Gasteiger charge is 2.30. The summed E-state index contributed by atoms with van der Waals surface area (Å²) < 4.78 is 5.29. The molecule has 1 aromatic carbocycles. The Morgan fingerprint density at radius 3 is 2.29 bits per heavy atom. The van der Waals surface area contributed by atoms with Crippen LogP contribution in [-0.4, -0.2) is 36.6 Å². The molecule has 1 aromatic rings. The minimum absolute atomic E-state index is 0.0420. The summed E-state index contributed by atoms with van der Waals surface area (Å²) in [5.74, 6) is 0. The molecule has 0 heterocycles. The van der Waals surface area contributed by atoms with E-state index >= 15 is 0 Å². The maximum Gasteiger partial charge on any atom is 0.0550 e. The van der Waals surface area contributed by atoms with Gasteiger partial charge >= 0.3 is 0 Å². The van der Waals surface area contributed by atoms with Crippen LogP contribution >= 0.6 is 0 Å².